The van der Waals surface area contributed by atoms with Crippen LogP contribution in [0.3, 0.4) is 0 Å². The highest BCUT2D eigenvalue weighted by molar-refractivity contribution is 7.99. The maximum absolute atomic E-state index is 11.9. The summed E-state index contributed by atoms with van der Waals surface area (Å²) in [4.78, 5) is 30.7. The molecule has 0 spiro atoms. The van der Waals surface area contributed by atoms with Crippen LogP contribution in [-0.2, 0) is 11.3 Å². The van der Waals surface area contributed by atoms with Crippen molar-refractivity contribution in [1.29, 1.82) is 0 Å². The topological polar surface area (TPSA) is 74.8 Å². The average Bonchev–Trinajstić information content (AvgIpc) is 3.01. The van der Waals surface area contributed by atoms with Crippen molar-refractivity contribution in [3.63, 3.8) is 0 Å². The summed E-state index contributed by atoms with van der Waals surface area (Å²) in [5.74, 6) is 0.0598. The van der Waals surface area contributed by atoms with Gasteiger partial charge in [0.25, 0.3) is 5.56 Å². The van der Waals surface area contributed by atoms with Crippen LogP contribution in [0, 0.1) is 0 Å². The van der Waals surface area contributed by atoms with Gasteiger partial charge < -0.3 is 10.3 Å². The summed E-state index contributed by atoms with van der Waals surface area (Å²) in [6.45, 7) is 0.435. The van der Waals surface area contributed by atoms with Gasteiger partial charge in [-0.15, -0.1) is 11.3 Å². The van der Waals surface area contributed by atoms with Crippen LogP contribution < -0.4 is 10.9 Å². The van der Waals surface area contributed by atoms with Crippen molar-refractivity contribution >= 4 is 50.8 Å². The predicted molar refractivity (Wildman–Crippen MR) is 94.3 cm³/mol. The zero-order chi connectivity index (χ0) is 16.2. The SMILES string of the molecule is O=C(CSc1nc2ccsc2c(=O)[nH]1)NCc1ccc(Cl)cc1. The number of thiophene rings is 1. The maximum Gasteiger partial charge on any atom is 0.269 e. The van der Waals surface area contributed by atoms with Crippen LogP contribution in [0.2, 0.25) is 5.02 Å². The minimum absolute atomic E-state index is 0.127. The summed E-state index contributed by atoms with van der Waals surface area (Å²) >= 11 is 8.36. The number of nitrogens with one attached hydrogen (secondary N) is 2. The molecule has 0 saturated heterocycles. The number of carbonyl (C=O) groups excluding carboxylic acids is 1. The second-order valence-electron chi connectivity index (χ2n) is 4.70. The van der Waals surface area contributed by atoms with Gasteiger partial charge >= 0.3 is 0 Å². The van der Waals surface area contributed by atoms with E-state index in [1.807, 2.05) is 17.5 Å². The van der Waals surface area contributed by atoms with Gasteiger partial charge in [0, 0.05) is 11.6 Å². The largest absolute Gasteiger partial charge is 0.351 e. The molecule has 0 saturated carbocycles. The zero-order valence-electron chi connectivity index (χ0n) is 11.8. The van der Waals surface area contributed by atoms with Crippen LogP contribution in [0.5, 0.6) is 0 Å². The lowest BCUT2D eigenvalue weighted by molar-refractivity contribution is -0.118. The smallest absolute Gasteiger partial charge is 0.269 e. The Morgan fingerprint density at radius 1 is 1.30 bits per heavy atom. The van der Waals surface area contributed by atoms with Crippen LogP contribution in [-0.4, -0.2) is 21.6 Å². The van der Waals surface area contributed by atoms with Gasteiger partial charge in [-0.05, 0) is 29.1 Å². The van der Waals surface area contributed by atoms with Crippen LogP contribution in [0.25, 0.3) is 10.2 Å². The average molecular weight is 366 g/mol. The number of hydrogen-bond acceptors (Lipinski definition) is 5. The van der Waals surface area contributed by atoms with Gasteiger partial charge in [-0.3, -0.25) is 9.59 Å². The highest BCUT2D eigenvalue weighted by Crippen LogP contribution is 2.18. The highest BCUT2D eigenvalue weighted by atomic mass is 35.5. The molecule has 0 aliphatic heterocycles. The minimum atomic E-state index is -0.172. The number of halogens is 1. The van der Waals surface area contributed by atoms with Gasteiger partial charge in [-0.1, -0.05) is 35.5 Å². The molecule has 118 valence electrons. The summed E-state index contributed by atoms with van der Waals surface area (Å²) in [5.41, 5.74) is 1.45. The fraction of sp³-hybridized carbons (Fsp3) is 0.133. The Morgan fingerprint density at radius 3 is 2.87 bits per heavy atom. The normalized spacial score (nSPS) is 10.8. The van der Waals surface area contributed by atoms with Gasteiger partial charge in [0.1, 0.15) is 4.70 Å². The highest BCUT2D eigenvalue weighted by Gasteiger charge is 2.08. The van der Waals surface area contributed by atoms with Crippen LogP contribution in [0.4, 0.5) is 0 Å². The quantitative estimate of drug-likeness (QED) is 0.538. The van der Waals surface area contributed by atoms with E-state index in [0.29, 0.717) is 26.9 Å². The van der Waals surface area contributed by atoms with E-state index in [-0.39, 0.29) is 17.2 Å². The zero-order valence-corrected chi connectivity index (χ0v) is 14.2. The first-order chi connectivity index (χ1) is 11.1. The van der Waals surface area contributed by atoms with E-state index in [4.69, 9.17) is 11.6 Å². The van der Waals surface area contributed by atoms with Gasteiger partial charge in [-0.2, -0.15) is 0 Å². The van der Waals surface area contributed by atoms with Gasteiger partial charge in [0.2, 0.25) is 5.91 Å². The molecular formula is C15H12ClN3O2S2. The minimum Gasteiger partial charge on any atom is -0.351 e. The molecule has 0 unspecified atom stereocenters. The predicted octanol–water partition coefficient (Wildman–Crippen LogP) is 3.05. The third kappa shape index (κ3) is 4.13. The molecule has 0 aliphatic carbocycles. The Labute approximate surface area is 145 Å². The van der Waals surface area contributed by atoms with Crippen LogP contribution >= 0.6 is 34.7 Å². The number of carbonyl (C=O) groups is 1. The second kappa shape index (κ2) is 7.16. The summed E-state index contributed by atoms with van der Waals surface area (Å²) in [6.07, 6.45) is 0. The number of thioether (sulfide) groups is 1. The molecule has 2 heterocycles. The Balaban J connectivity index is 1.55. The lowest BCUT2D eigenvalue weighted by atomic mass is 10.2. The van der Waals surface area contributed by atoms with Gasteiger partial charge in [0.05, 0.1) is 11.3 Å². The molecule has 0 aliphatic rings. The van der Waals surface area contributed by atoms with E-state index in [0.717, 1.165) is 5.56 Å². The molecule has 2 N–H and O–H groups in total. The number of hydrogen-bond donors (Lipinski definition) is 2. The molecule has 3 rings (SSSR count). The molecule has 0 fully saturated rings. The van der Waals surface area contributed by atoms with Gasteiger partial charge in [-0.25, -0.2) is 4.98 Å². The molecule has 1 aromatic carbocycles. The molecule has 23 heavy (non-hydrogen) atoms. The summed E-state index contributed by atoms with van der Waals surface area (Å²) in [7, 11) is 0. The number of aromatic nitrogens is 2. The molecule has 2 aromatic heterocycles. The number of rotatable bonds is 5. The van der Waals surface area contributed by atoms with Crippen LogP contribution in [0.15, 0.2) is 45.7 Å². The summed E-state index contributed by atoms with van der Waals surface area (Å²) < 4.78 is 0.599. The lowest BCUT2D eigenvalue weighted by Gasteiger charge is -2.05. The fourth-order valence-electron chi connectivity index (χ4n) is 1.91. The summed E-state index contributed by atoms with van der Waals surface area (Å²) in [5, 5.41) is 5.74. The number of aromatic amines is 1. The van der Waals surface area contributed by atoms with Gasteiger partial charge in [0.15, 0.2) is 5.16 Å². The third-order valence-corrected chi connectivity index (χ3v) is 5.06. The van der Waals surface area contributed by atoms with E-state index in [1.165, 1.54) is 23.1 Å². The molecule has 8 heteroatoms. The van der Waals surface area contributed by atoms with Crippen molar-refractivity contribution in [3.05, 3.63) is 56.7 Å². The van der Waals surface area contributed by atoms with E-state index >= 15 is 0 Å². The van der Waals surface area contributed by atoms with Crippen molar-refractivity contribution in [2.45, 2.75) is 11.7 Å². The van der Waals surface area contributed by atoms with Crippen molar-refractivity contribution < 1.29 is 4.79 Å². The first-order valence-corrected chi connectivity index (χ1v) is 8.97. The number of nitrogens with zero attached hydrogens (tertiary/aromatic N) is 1. The number of amides is 1. The third-order valence-electron chi connectivity index (χ3n) is 3.04. The molecular weight excluding hydrogens is 354 g/mol. The maximum atomic E-state index is 11.9. The molecule has 0 radical (unpaired) electrons. The van der Waals surface area contributed by atoms with E-state index in [9.17, 15) is 9.59 Å². The number of fused-ring (bicyclic) bond motifs is 1. The summed E-state index contributed by atoms with van der Waals surface area (Å²) in [6, 6.07) is 9.07. The van der Waals surface area contributed by atoms with E-state index in [2.05, 4.69) is 15.3 Å². The van der Waals surface area contributed by atoms with Crippen molar-refractivity contribution in [2.24, 2.45) is 0 Å². The van der Waals surface area contributed by atoms with Crippen LogP contribution in [0.1, 0.15) is 5.56 Å². The number of benzene rings is 1. The molecule has 5 nitrogen and oxygen atoms in total. The first kappa shape index (κ1) is 16.0. The molecule has 3 aromatic rings. The lowest BCUT2D eigenvalue weighted by Crippen LogP contribution is -2.24. The van der Waals surface area contributed by atoms with E-state index in [1.54, 1.807) is 18.2 Å². The molecule has 1 amide bonds. The Hall–Kier alpha value is -1.83. The van der Waals surface area contributed by atoms with Crippen molar-refractivity contribution in [1.82, 2.24) is 15.3 Å². The monoisotopic (exact) mass is 365 g/mol. The van der Waals surface area contributed by atoms with Crippen molar-refractivity contribution in [3.8, 4) is 0 Å². The second-order valence-corrected chi connectivity index (χ2v) is 7.01. The molecule has 0 bridgehead atoms. The standard InChI is InChI=1S/C15H12ClN3O2S2/c16-10-3-1-9(2-4-10)7-17-12(20)8-23-15-18-11-5-6-22-13(11)14(21)19-15/h1-6H,7-8H2,(H,17,20)(H,18,19,21). The van der Waals surface area contributed by atoms with Crippen molar-refractivity contribution in [2.75, 3.05) is 5.75 Å². The molecule has 0 atom stereocenters. The fourth-order valence-corrected chi connectivity index (χ4v) is 3.46. The Morgan fingerprint density at radius 2 is 2.09 bits per heavy atom. The Bertz CT molecular complexity index is 890. The first-order valence-electron chi connectivity index (χ1n) is 6.73. The van der Waals surface area contributed by atoms with E-state index < -0.39 is 0 Å². The Kier molecular flexibility index (Phi) is 5.00. The number of H-pyrrole nitrogens is 1.